The van der Waals surface area contributed by atoms with Gasteiger partial charge in [-0.25, -0.2) is 9.59 Å². The Bertz CT molecular complexity index is 1790. The SMILES string of the molecule is CC(C)(C)OC(=O)N1Cc2cc(OCc3ccc(C(F)(F)F)cc3)ccc2C[C@H]1C(=O)N[C@@H](Cc1ccc(-c2ccccc2)cc1)C(=O)O. The molecule has 4 aromatic rings. The zero-order valence-electron chi connectivity index (χ0n) is 27.3. The summed E-state index contributed by atoms with van der Waals surface area (Å²) in [4.78, 5) is 40.7. The molecular formula is C38H37F3N2O6. The van der Waals surface area contributed by atoms with Gasteiger partial charge in [0.25, 0.3) is 0 Å². The summed E-state index contributed by atoms with van der Waals surface area (Å²) < 4.78 is 50.2. The highest BCUT2D eigenvalue weighted by molar-refractivity contribution is 5.90. The number of nitrogens with one attached hydrogen (secondary N) is 1. The lowest BCUT2D eigenvalue weighted by molar-refractivity contribution is -0.142. The third kappa shape index (κ3) is 9.19. The molecule has 8 nitrogen and oxygen atoms in total. The molecule has 0 bridgehead atoms. The molecule has 256 valence electrons. The lowest BCUT2D eigenvalue weighted by atomic mass is 9.93. The summed E-state index contributed by atoms with van der Waals surface area (Å²) in [5.74, 6) is -1.42. The Balaban J connectivity index is 1.31. The van der Waals surface area contributed by atoms with E-state index in [1.165, 1.54) is 17.0 Å². The van der Waals surface area contributed by atoms with Crippen LogP contribution >= 0.6 is 0 Å². The molecule has 0 spiro atoms. The van der Waals surface area contributed by atoms with Crippen LogP contribution in [0.1, 0.15) is 48.6 Å². The number of benzene rings is 4. The molecule has 0 radical (unpaired) electrons. The zero-order valence-corrected chi connectivity index (χ0v) is 27.3. The van der Waals surface area contributed by atoms with Crippen molar-refractivity contribution in [1.82, 2.24) is 10.2 Å². The van der Waals surface area contributed by atoms with Crippen LogP contribution in [0.15, 0.2) is 97.1 Å². The van der Waals surface area contributed by atoms with Crippen molar-refractivity contribution in [2.45, 2.75) is 70.6 Å². The lowest BCUT2D eigenvalue weighted by Crippen LogP contribution is -2.56. The maximum absolute atomic E-state index is 13.7. The number of rotatable bonds is 9. The predicted octanol–water partition coefficient (Wildman–Crippen LogP) is 7.43. The quantitative estimate of drug-likeness (QED) is 0.192. The first kappa shape index (κ1) is 35.0. The average Bonchev–Trinajstić information content (AvgIpc) is 3.06. The molecule has 0 aromatic heterocycles. The van der Waals surface area contributed by atoms with E-state index < -0.39 is 47.4 Å². The molecule has 1 aliphatic heterocycles. The minimum atomic E-state index is -4.43. The summed E-state index contributed by atoms with van der Waals surface area (Å²) in [5.41, 5.74) is 3.08. The van der Waals surface area contributed by atoms with Gasteiger partial charge < -0.3 is 19.9 Å². The molecule has 4 aromatic carbocycles. The Morgan fingerprint density at radius 1 is 0.857 bits per heavy atom. The van der Waals surface area contributed by atoms with Gasteiger partial charge in [-0.1, -0.05) is 72.8 Å². The van der Waals surface area contributed by atoms with Crippen molar-refractivity contribution in [3.05, 3.63) is 125 Å². The summed E-state index contributed by atoms with van der Waals surface area (Å²) in [6.07, 6.45) is -5.04. The van der Waals surface area contributed by atoms with Crippen molar-refractivity contribution in [2.24, 2.45) is 0 Å². The second-order valence-corrected chi connectivity index (χ2v) is 12.9. The van der Waals surface area contributed by atoms with E-state index in [4.69, 9.17) is 9.47 Å². The van der Waals surface area contributed by atoms with Crippen LogP contribution in [0.4, 0.5) is 18.0 Å². The van der Waals surface area contributed by atoms with E-state index in [-0.39, 0.29) is 26.0 Å². The predicted molar refractivity (Wildman–Crippen MR) is 177 cm³/mol. The van der Waals surface area contributed by atoms with Crippen molar-refractivity contribution in [2.75, 3.05) is 0 Å². The molecule has 0 saturated heterocycles. The highest BCUT2D eigenvalue weighted by Crippen LogP contribution is 2.31. The summed E-state index contributed by atoms with van der Waals surface area (Å²) in [6.45, 7) is 5.11. The van der Waals surface area contributed by atoms with Crippen LogP contribution in [-0.4, -0.2) is 45.7 Å². The Kier molecular flexibility index (Phi) is 10.3. The second-order valence-electron chi connectivity index (χ2n) is 12.9. The first-order chi connectivity index (χ1) is 23.2. The maximum atomic E-state index is 13.7. The fraction of sp³-hybridized carbons (Fsp3) is 0.289. The van der Waals surface area contributed by atoms with Crippen molar-refractivity contribution in [3.8, 4) is 16.9 Å². The normalized spacial score (nSPS) is 15.1. The van der Waals surface area contributed by atoms with Gasteiger partial charge in [-0.15, -0.1) is 0 Å². The van der Waals surface area contributed by atoms with Gasteiger partial charge in [0.05, 0.1) is 12.1 Å². The van der Waals surface area contributed by atoms with E-state index in [0.29, 0.717) is 22.4 Å². The van der Waals surface area contributed by atoms with Gasteiger partial charge in [0, 0.05) is 12.8 Å². The summed E-state index contributed by atoms with van der Waals surface area (Å²) in [5, 5.41) is 12.7. The Hall–Kier alpha value is -5.32. The minimum Gasteiger partial charge on any atom is -0.489 e. The molecule has 0 aliphatic carbocycles. The molecule has 2 amide bonds. The summed E-state index contributed by atoms with van der Waals surface area (Å²) >= 11 is 0. The second kappa shape index (κ2) is 14.4. The zero-order chi connectivity index (χ0) is 35.3. The highest BCUT2D eigenvalue weighted by Gasteiger charge is 2.38. The number of nitrogens with zero attached hydrogens (tertiary/aromatic N) is 1. The van der Waals surface area contributed by atoms with Crippen LogP contribution in [0.2, 0.25) is 0 Å². The molecule has 11 heteroatoms. The van der Waals surface area contributed by atoms with Gasteiger partial charge in [0.2, 0.25) is 5.91 Å². The fourth-order valence-electron chi connectivity index (χ4n) is 5.52. The molecule has 49 heavy (non-hydrogen) atoms. The van der Waals surface area contributed by atoms with Crippen molar-refractivity contribution in [1.29, 1.82) is 0 Å². The van der Waals surface area contributed by atoms with Crippen LogP contribution in [0.5, 0.6) is 5.75 Å². The Morgan fingerprint density at radius 3 is 2.10 bits per heavy atom. The van der Waals surface area contributed by atoms with Gasteiger partial charge in [0.15, 0.2) is 0 Å². The largest absolute Gasteiger partial charge is 0.489 e. The molecule has 0 saturated carbocycles. The Morgan fingerprint density at radius 2 is 1.49 bits per heavy atom. The highest BCUT2D eigenvalue weighted by atomic mass is 19.4. The molecule has 0 fully saturated rings. The monoisotopic (exact) mass is 674 g/mol. The first-order valence-corrected chi connectivity index (χ1v) is 15.7. The lowest BCUT2D eigenvalue weighted by Gasteiger charge is -2.37. The van der Waals surface area contributed by atoms with Gasteiger partial charge in [0.1, 0.15) is 30.0 Å². The maximum Gasteiger partial charge on any atom is 0.416 e. The van der Waals surface area contributed by atoms with E-state index in [9.17, 15) is 32.7 Å². The van der Waals surface area contributed by atoms with Gasteiger partial charge >= 0.3 is 18.2 Å². The van der Waals surface area contributed by atoms with E-state index in [0.717, 1.165) is 28.8 Å². The number of carbonyl (C=O) groups excluding carboxylic acids is 2. The van der Waals surface area contributed by atoms with E-state index in [1.807, 2.05) is 54.6 Å². The number of carboxylic acid groups (broad SMARTS) is 1. The van der Waals surface area contributed by atoms with Crippen LogP contribution in [-0.2, 0) is 46.5 Å². The van der Waals surface area contributed by atoms with Crippen LogP contribution in [0.25, 0.3) is 11.1 Å². The molecule has 2 N–H and O–H groups in total. The summed E-state index contributed by atoms with van der Waals surface area (Å²) in [6, 6.07) is 24.7. The smallest absolute Gasteiger partial charge is 0.416 e. The van der Waals surface area contributed by atoms with Crippen molar-refractivity contribution >= 4 is 18.0 Å². The number of alkyl halides is 3. The molecule has 5 rings (SSSR count). The number of hydrogen-bond acceptors (Lipinski definition) is 5. The number of aliphatic carboxylic acids is 1. The Labute approximate surface area is 282 Å². The number of carbonyl (C=O) groups is 3. The third-order valence-corrected chi connectivity index (χ3v) is 8.04. The van der Waals surface area contributed by atoms with Crippen LogP contribution in [0, 0.1) is 0 Å². The van der Waals surface area contributed by atoms with E-state index in [2.05, 4.69) is 5.32 Å². The number of ether oxygens (including phenoxy) is 2. The van der Waals surface area contributed by atoms with E-state index in [1.54, 1.807) is 39.0 Å². The van der Waals surface area contributed by atoms with E-state index >= 15 is 0 Å². The van der Waals surface area contributed by atoms with Gasteiger partial charge in [-0.05, 0) is 78.4 Å². The first-order valence-electron chi connectivity index (χ1n) is 15.7. The van der Waals surface area contributed by atoms with Crippen LogP contribution < -0.4 is 10.1 Å². The topological polar surface area (TPSA) is 105 Å². The van der Waals surface area contributed by atoms with Crippen molar-refractivity contribution in [3.63, 3.8) is 0 Å². The number of carboxylic acids is 1. The van der Waals surface area contributed by atoms with Gasteiger partial charge in [-0.2, -0.15) is 13.2 Å². The summed E-state index contributed by atoms with van der Waals surface area (Å²) in [7, 11) is 0. The van der Waals surface area contributed by atoms with Crippen molar-refractivity contribution < 1.29 is 42.1 Å². The molecule has 1 aliphatic rings. The van der Waals surface area contributed by atoms with Crippen LogP contribution in [0.3, 0.4) is 0 Å². The molecule has 1 heterocycles. The van der Waals surface area contributed by atoms with Gasteiger partial charge in [-0.3, -0.25) is 9.69 Å². The number of hydrogen-bond donors (Lipinski definition) is 2. The third-order valence-electron chi connectivity index (χ3n) is 8.04. The average molecular weight is 675 g/mol. The minimum absolute atomic E-state index is 0.0154. The number of amides is 2. The fourth-order valence-corrected chi connectivity index (χ4v) is 5.52. The molecule has 0 unspecified atom stereocenters. The standard InChI is InChI=1S/C38H37F3N2O6/c1-37(2,3)49-36(47)43-22-29-20-31(48-23-25-11-16-30(17-12-25)38(39,40)41)18-15-28(29)21-33(43)34(44)42-32(35(45)46)19-24-9-13-27(14-10-24)26-7-5-4-6-8-26/h4-18,20,32-33H,19,21-23H2,1-3H3,(H,42,44)(H,45,46)/t32-,33-/m0/s1. The molecule has 2 atom stereocenters. The number of halogens is 3. The molecular weight excluding hydrogens is 637 g/mol. The number of fused-ring (bicyclic) bond motifs is 1.